The maximum atomic E-state index is 12.3. The predicted molar refractivity (Wildman–Crippen MR) is 80.4 cm³/mol. The molecule has 0 saturated carbocycles. The van der Waals surface area contributed by atoms with Crippen LogP contribution in [-0.2, 0) is 9.53 Å². The first-order valence-corrected chi connectivity index (χ1v) is 7.63. The van der Waals surface area contributed by atoms with Crippen molar-refractivity contribution in [1.82, 2.24) is 9.80 Å². The van der Waals surface area contributed by atoms with Crippen molar-refractivity contribution in [2.75, 3.05) is 39.4 Å². The number of alkyl halides is 3. The molecular formula is C16H19F3N2O3. The fourth-order valence-corrected chi connectivity index (χ4v) is 2.43. The Balaban J connectivity index is 1.72. The van der Waals surface area contributed by atoms with Crippen LogP contribution in [0.1, 0.15) is 16.8 Å². The number of amides is 2. The Morgan fingerprint density at radius 3 is 2.17 bits per heavy atom. The molecule has 1 aliphatic heterocycles. The molecule has 0 aromatic heterocycles. The van der Waals surface area contributed by atoms with Gasteiger partial charge in [-0.05, 0) is 12.1 Å². The van der Waals surface area contributed by atoms with E-state index in [0.717, 1.165) is 0 Å². The smallest absolute Gasteiger partial charge is 0.372 e. The van der Waals surface area contributed by atoms with Crippen molar-refractivity contribution in [2.45, 2.75) is 12.6 Å². The van der Waals surface area contributed by atoms with E-state index in [-0.39, 0.29) is 24.8 Å². The highest BCUT2D eigenvalue weighted by Crippen LogP contribution is 2.15. The number of benzene rings is 1. The largest absolute Gasteiger partial charge is 0.411 e. The lowest BCUT2D eigenvalue weighted by atomic mass is 10.2. The fraction of sp³-hybridized carbons (Fsp3) is 0.500. The summed E-state index contributed by atoms with van der Waals surface area (Å²) >= 11 is 0. The average molecular weight is 344 g/mol. The molecule has 2 amide bonds. The van der Waals surface area contributed by atoms with Crippen molar-refractivity contribution in [3.05, 3.63) is 35.9 Å². The van der Waals surface area contributed by atoms with E-state index in [1.807, 2.05) is 6.07 Å². The Bertz CT molecular complexity index is 555. The van der Waals surface area contributed by atoms with Gasteiger partial charge in [0.05, 0.1) is 13.0 Å². The molecule has 1 aromatic carbocycles. The van der Waals surface area contributed by atoms with Crippen molar-refractivity contribution >= 4 is 11.8 Å². The lowest BCUT2D eigenvalue weighted by Gasteiger charge is -2.34. The first-order valence-electron chi connectivity index (χ1n) is 7.63. The average Bonchev–Trinajstić information content (AvgIpc) is 2.58. The normalized spacial score (nSPS) is 15.5. The van der Waals surface area contributed by atoms with Crippen LogP contribution >= 0.6 is 0 Å². The molecule has 0 bridgehead atoms. The van der Waals surface area contributed by atoms with E-state index in [1.165, 1.54) is 0 Å². The zero-order chi connectivity index (χ0) is 17.6. The number of hydrogen-bond acceptors (Lipinski definition) is 3. The maximum Gasteiger partial charge on any atom is 0.411 e. The van der Waals surface area contributed by atoms with Crippen molar-refractivity contribution < 1.29 is 27.5 Å². The maximum absolute atomic E-state index is 12.3. The van der Waals surface area contributed by atoms with E-state index in [0.29, 0.717) is 31.7 Å². The van der Waals surface area contributed by atoms with Gasteiger partial charge in [-0.1, -0.05) is 18.2 Å². The number of carbonyl (C=O) groups excluding carboxylic acids is 2. The van der Waals surface area contributed by atoms with Gasteiger partial charge in [0.25, 0.3) is 5.91 Å². The highest BCUT2D eigenvalue weighted by Gasteiger charge is 2.28. The first kappa shape index (κ1) is 18.3. The summed E-state index contributed by atoms with van der Waals surface area (Å²) in [7, 11) is 0. The van der Waals surface area contributed by atoms with Crippen LogP contribution in [0.25, 0.3) is 0 Å². The number of piperazine rings is 1. The Hall–Kier alpha value is -2.09. The summed E-state index contributed by atoms with van der Waals surface area (Å²) in [5, 5.41) is 0. The standard InChI is InChI=1S/C16H19F3N2O3/c17-16(18,19)12-24-11-6-14(22)20-7-9-21(10-8-20)15(23)13-4-2-1-3-5-13/h1-5H,6-12H2. The minimum atomic E-state index is -4.38. The Morgan fingerprint density at radius 1 is 1.00 bits per heavy atom. The number of nitrogens with zero attached hydrogens (tertiary/aromatic N) is 2. The van der Waals surface area contributed by atoms with E-state index < -0.39 is 12.8 Å². The van der Waals surface area contributed by atoms with Crippen LogP contribution < -0.4 is 0 Å². The quantitative estimate of drug-likeness (QED) is 0.767. The van der Waals surface area contributed by atoms with Gasteiger partial charge < -0.3 is 14.5 Å². The van der Waals surface area contributed by atoms with Crippen molar-refractivity contribution in [2.24, 2.45) is 0 Å². The van der Waals surface area contributed by atoms with Crippen LogP contribution in [0.2, 0.25) is 0 Å². The molecule has 1 heterocycles. The number of ether oxygens (including phenoxy) is 1. The summed E-state index contributed by atoms with van der Waals surface area (Å²) in [6.45, 7) is -0.0553. The molecule has 0 aliphatic carbocycles. The minimum absolute atomic E-state index is 0.0868. The Labute approximate surface area is 138 Å². The van der Waals surface area contributed by atoms with Crippen LogP contribution in [0.15, 0.2) is 30.3 Å². The van der Waals surface area contributed by atoms with Crippen LogP contribution in [0, 0.1) is 0 Å². The third-order valence-corrected chi connectivity index (χ3v) is 3.67. The summed E-state index contributed by atoms with van der Waals surface area (Å²) in [5.41, 5.74) is 0.595. The van der Waals surface area contributed by atoms with E-state index in [9.17, 15) is 22.8 Å². The predicted octanol–water partition coefficient (Wildman–Crippen LogP) is 1.94. The van der Waals surface area contributed by atoms with Gasteiger partial charge in [0, 0.05) is 31.7 Å². The Kier molecular flexibility index (Phi) is 6.19. The topological polar surface area (TPSA) is 49.9 Å². The molecule has 132 valence electrons. The summed E-state index contributed by atoms with van der Waals surface area (Å²) in [6.07, 6.45) is -4.48. The molecule has 1 aromatic rings. The molecule has 1 aliphatic rings. The summed E-state index contributed by atoms with van der Waals surface area (Å²) in [5.74, 6) is -0.347. The molecule has 1 fully saturated rings. The van der Waals surface area contributed by atoms with E-state index in [2.05, 4.69) is 4.74 Å². The Morgan fingerprint density at radius 2 is 1.58 bits per heavy atom. The summed E-state index contributed by atoms with van der Waals surface area (Å²) < 4.78 is 40.2. The van der Waals surface area contributed by atoms with Crippen LogP contribution in [-0.4, -0.2) is 67.2 Å². The lowest BCUT2D eigenvalue weighted by molar-refractivity contribution is -0.175. The fourth-order valence-electron chi connectivity index (χ4n) is 2.43. The minimum Gasteiger partial charge on any atom is -0.372 e. The van der Waals surface area contributed by atoms with Gasteiger partial charge in [0.15, 0.2) is 0 Å². The highest BCUT2D eigenvalue weighted by molar-refractivity contribution is 5.94. The van der Waals surface area contributed by atoms with Gasteiger partial charge in [-0.3, -0.25) is 9.59 Å². The third kappa shape index (κ3) is 5.52. The second-order valence-corrected chi connectivity index (χ2v) is 5.46. The first-order chi connectivity index (χ1) is 11.4. The van der Waals surface area contributed by atoms with Crippen molar-refractivity contribution in [1.29, 1.82) is 0 Å². The molecule has 1 saturated heterocycles. The molecule has 0 unspecified atom stereocenters. The van der Waals surface area contributed by atoms with Crippen LogP contribution in [0.3, 0.4) is 0 Å². The SMILES string of the molecule is O=C(CCOCC(F)(F)F)N1CCN(C(=O)c2ccccc2)CC1. The second-order valence-electron chi connectivity index (χ2n) is 5.46. The van der Waals surface area contributed by atoms with Gasteiger partial charge in [-0.15, -0.1) is 0 Å². The van der Waals surface area contributed by atoms with Gasteiger partial charge >= 0.3 is 6.18 Å². The lowest BCUT2D eigenvalue weighted by Crippen LogP contribution is -2.50. The molecule has 0 spiro atoms. The van der Waals surface area contributed by atoms with Crippen molar-refractivity contribution in [3.63, 3.8) is 0 Å². The number of halogens is 3. The van der Waals surface area contributed by atoms with Crippen molar-refractivity contribution in [3.8, 4) is 0 Å². The van der Waals surface area contributed by atoms with Gasteiger partial charge in [-0.2, -0.15) is 13.2 Å². The molecule has 8 heteroatoms. The molecule has 0 radical (unpaired) electrons. The van der Waals surface area contributed by atoms with Crippen LogP contribution in [0.5, 0.6) is 0 Å². The van der Waals surface area contributed by atoms with E-state index in [4.69, 9.17) is 0 Å². The third-order valence-electron chi connectivity index (χ3n) is 3.67. The monoisotopic (exact) mass is 344 g/mol. The highest BCUT2D eigenvalue weighted by atomic mass is 19.4. The zero-order valence-corrected chi connectivity index (χ0v) is 13.1. The molecule has 2 rings (SSSR count). The molecule has 5 nitrogen and oxygen atoms in total. The van der Waals surface area contributed by atoms with Gasteiger partial charge in [-0.25, -0.2) is 0 Å². The summed E-state index contributed by atoms with van der Waals surface area (Å²) in [4.78, 5) is 27.4. The zero-order valence-electron chi connectivity index (χ0n) is 13.1. The van der Waals surface area contributed by atoms with E-state index >= 15 is 0 Å². The summed E-state index contributed by atoms with van der Waals surface area (Å²) in [6, 6.07) is 8.87. The number of carbonyl (C=O) groups is 2. The molecule has 0 N–H and O–H groups in total. The van der Waals surface area contributed by atoms with Gasteiger partial charge in [0.1, 0.15) is 6.61 Å². The van der Waals surface area contributed by atoms with Gasteiger partial charge in [0.2, 0.25) is 5.91 Å². The van der Waals surface area contributed by atoms with E-state index in [1.54, 1.807) is 34.1 Å². The van der Waals surface area contributed by atoms with Crippen LogP contribution in [0.4, 0.5) is 13.2 Å². The number of rotatable bonds is 5. The molecule has 24 heavy (non-hydrogen) atoms. The number of hydrogen-bond donors (Lipinski definition) is 0. The molecular weight excluding hydrogens is 325 g/mol. The second kappa shape index (κ2) is 8.14. The molecule has 0 atom stereocenters.